The molecule has 0 unspecified atom stereocenters. The van der Waals surface area contributed by atoms with Gasteiger partial charge in [-0.25, -0.2) is 0 Å². The van der Waals surface area contributed by atoms with Crippen LogP contribution in [0.5, 0.6) is 5.75 Å². The number of rotatable bonds is 10. The zero-order valence-electron chi connectivity index (χ0n) is 19.1. The van der Waals surface area contributed by atoms with Crippen LogP contribution in [-0.4, -0.2) is 28.8 Å². The lowest BCUT2D eigenvalue weighted by Crippen LogP contribution is -2.15. The van der Waals surface area contributed by atoms with Crippen LogP contribution in [0.1, 0.15) is 48.0 Å². The molecule has 2 N–H and O–H groups in total. The molecule has 3 aromatic rings. The van der Waals surface area contributed by atoms with Crippen LogP contribution in [0.3, 0.4) is 0 Å². The summed E-state index contributed by atoms with van der Waals surface area (Å²) in [6.45, 7) is 11.0. The van der Waals surface area contributed by atoms with Crippen molar-refractivity contribution in [1.82, 2.24) is 15.1 Å². The number of nitrogens with one attached hydrogen (secondary N) is 2. The fraction of sp³-hybridized carbons (Fsp3) is 0.360. The SMILES string of the molecule is CCNCc1cccc(C(=O)Nc2cc(C)n(Cc3cc(Cl)ccc3OCC(C)C)n2)c1. The molecule has 0 saturated carbocycles. The average Bonchev–Trinajstić information content (AvgIpc) is 3.10. The summed E-state index contributed by atoms with van der Waals surface area (Å²) in [5.74, 6) is 1.54. The first-order valence-electron chi connectivity index (χ1n) is 10.9. The molecule has 0 atom stereocenters. The molecule has 1 aromatic heterocycles. The van der Waals surface area contributed by atoms with Gasteiger partial charge in [-0.05, 0) is 55.3 Å². The molecule has 0 aliphatic heterocycles. The van der Waals surface area contributed by atoms with Crippen LogP contribution in [-0.2, 0) is 13.1 Å². The van der Waals surface area contributed by atoms with E-state index in [4.69, 9.17) is 16.3 Å². The number of hydrogen-bond donors (Lipinski definition) is 2. The summed E-state index contributed by atoms with van der Waals surface area (Å²) >= 11 is 6.23. The van der Waals surface area contributed by atoms with Gasteiger partial charge in [-0.3, -0.25) is 9.48 Å². The number of carbonyl (C=O) groups is 1. The van der Waals surface area contributed by atoms with Crippen LogP contribution in [0.2, 0.25) is 5.02 Å². The molecule has 0 bridgehead atoms. The Kier molecular flexibility index (Phi) is 8.31. The second kappa shape index (κ2) is 11.2. The van der Waals surface area contributed by atoms with Crippen molar-refractivity contribution >= 4 is 23.3 Å². The molecule has 0 fully saturated rings. The fourth-order valence-electron chi connectivity index (χ4n) is 3.24. The van der Waals surface area contributed by atoms with E-state index in [0.29, 0.717) is 35.5 Å². The normalized spacial score (nSPS) is 11.1. The molecule has 170 valence electrons. The summed E-state index contributed by atoms with van der Waals surface area (Å²) < 4.78 is 7.80. The van der Waals surface area contributed by atoms with Crippen molar-refractivity contribution in [2.75, 3.05) is 18.5 Å². The van der Waals surface area contributed by atoms with E-state index in [1.54, 1.807) is 6.07 Å². The van der Waals surface area contributed by atoms with Gasteiger partial charge in [-0.15, -0.1) is 0 Å². The van der Waals surface area contributed by atoms with Gasteiger partial charge in [0.05, 0.1) is 13.2 Å². The lowest BCUT2D eigenvalue weighted by molar-refractivity contribution is 0.102. The molecule has 0 aliphatic rings. The average molecular weight is 455 g/mol. The van der Waals surface area contributed by atoms with E-state index in [1.807, 2.05) is 54.1 Å². The number of amides is 1. The van der Waals surface area contributed by atoms with Gasteiger partial charge >= 0.3 is 0 Å². The molecule has 2 aromatic carbocycles. The van der Waals surface area contributed by atoms with Gasteiger partial charge in [0.2, 0.25) is 0 Å². The third kappa shape index (κ3) is 6.58. The Hall–Kier alpha value is -2.83. The smallest absolute Gasteiger partial charge is 0.256 e. The van der Waals surface area contributed by atoms with E-state index in [1.165, 1.54) is 0 Å². The van der Waals surface area contributed by atoms with Gasteiger partial charge in [-0.2, -0.15) is 5.10 Å². The van der Waals surface area contributed by atoms with Crippen LogP contribution < -0.4 is 15.4 Å². The fourth-order valence-corrected chi connectivity index (χ4v) is 3.44. The zero-order chi connectivity index (χ0) is 23.1. The van der Waals surface area contributed by atoms with Crippen LogP contribution in [0.4, 0.5) is 5.82 Å². The Bertz CT molecular complexity index is 1060. The van der Waals surface area contributed by atoms with Crippen LogP contribution in [0, 0.1) is 12.8 Å². The minimum absolute atomic E-state index is 0.184. The number of aromatic nitrogens is 2. The van der Waals surface area contributed by atoms with Crippen LogP contribution in [0.25, 0.3) is 0 Å². The summed E-state index contributed by atoms with van der Waals surface area (Å²) in [4.78, 5) is 12.7. The minimum atomic E-state index is -0.184. The summed E-state index contributed by atoms with van der Waals surface area (Å²) in [5, 5.41) is 11.4. The van der Waals surface area contributed by atoms with Crippen molar-refractivity contribution in [2.45, 2.75) is 40.8 Å². The van der Waals surface area contributed by atoms with E-state index in [-0.39, 0.29) is 5.91 Å². The maximum atomic E-state index is 12.7. The number of ether oxygens (including phenoxy) is 1. The highest BCUT2D eigenvalue weighted by atomic mass is 35.5. The third-order valence-corrected chi connectivity index (χ3v) is 5.14. The summed E-state index contributed by atoms with van der Waals surface area (Å²) in [6.07, 6.45) is 0. The summed E-state index contributed by atoms with van der Waals surface area (Å²) in [6, 6.07) is 15.1. The predicted molar refractivity (Wildman–Crippen MR) is 130 cm³/mol. The Labute approximate surface area is 194 Å². The van der Waals surface area contributed by atoms with Gasteiger partial charge in [0, 0.05) is 34.5 Å². The maximum absolute atomic E-state index is 12.7. The molecule has 7 heteroatoms. The molecular formula is C25H31ClN4O2. The van der Waals surface area contributed by atoms with E-state index < -0.39 is 0 Å². The lowest BCUT2D eigenvalue weighted by Gasteiger charge is -2.14. The highest BCUT2D eigenvalue weighted by Gasteiger charge is 2.13. The molecule has 0 aliphatic carbocycles. The third-order valence-electron chi connectivity index (χ3n) is 4.91. The molecule has 1 heterocycles. The Balaban J connectivity index is 1.73. The molecule has 0 radical (unpaired) electrons. The van der Waals surface area contributed by atoms with E-state index in [2.05, 4.69) is 36.5 Å². The molecule has 6 nitrogen and oxygen atoms in total. The number of benzene rings is 2. The highest BCUT2D eigenvalue weighted by molar-refractivity contribution is 6.30. The van der Waals surface area contributed by atoms with Crippen molar-refractivity contribution in [2.24, 2.45) is 5.92 Å². The Morgan fingerprint density at radius 1 is 1.19 bits per heavy atom. The monoisotopic (exact) mass is 454 g/mol. The first-order chi connectivity index (χ1) is 15.4. The maximum Gasteiger partial charge on any atom is 0.256 e. The standard InChI is InChI=1S/C25H31ClN4O2/c1-5-27-14-19-7-6-8-20(12-19)25(31)28-24-11-18(4)30(29-24)15-21-13-22(26)9-10-23(21)32-16-17(2)3/h6-13,17,27H,5,14-16H2,1-4H3,(H,28,29,31). The van der Waals surface area contributed by atoms with E-state index >= 15 is 0 Å². The van der Waals surface area contributed by atoms with Crippen molar-refractivity contribution in [3.8, 4) is 5.75 Å². The zero-order valence-corrected chi connectivity index (χ0v) is 19.9. The van der Waals surface area contributed by atoms with Crippen molar-refractivity contribution < 1.29 is 9.53 Å². The first kappa shape index (κ1) is 23.8. The van der Waals surface area contributed by atoms with Gasteiger partial charge in [0.25, 0.3) is 5.91 Å². The molecule has 1 amide bonds. The molecule has 0 spiro atoms. The highest BCUT2D eigenvalue weighted by Crippen LogP contribution is 2.25. The van der Waals surface area contributed by atoms with Crippen LogP contribution in [0.15, 0.2) is 48.5 Å². The largest absolute Gasteiger partial charge is 0.493 e. The van der Waals surface area contributed by atoms with Gasteiger partial charge in [0.1, 0.15) is 5.75 Å². The van der Waals surface area contributed by atoms with Crippen LogP contribution >= 0.6 is 11.6 Å². The Morgan fingerprint density at radius 3 is 2.75 bits per heavy atom. The van der Waals surface area contributed by atoms with Crippen molar-refractivity contribution in [3.05, 3.63) is 75.9 Å². The summed E-state index contributed by atoms with van der Waals surface area (Å²) in [7, 11) is 0. The summed E-state index contributed by atoms with van der Waals surface area (Å²) in [5.41, 5.74) is 3.54. The molecular weight excluding hydrogens is 424 g/mol. The van der Waals surface area contributed by atoms with E-state index in [0.717, 1.165) is 35.7 Å². The number of nitrogens with zero attached hydrogens (tertiary/aromatic N) is 2. The number of anilines is 1. The van der Waals surface area contributed by atoms with Gasteiger partial charge < -0.3 is 15.4 Å². The number of aryl methyl sites for hydroxylation is 1. The van der Waals surface area contributed by atoms with Crippen molar-refractivity contribution in [1.29, 1.82) is 0 Å². The van der Waals surface area contributed by atoms with E-state index in [9.17, 15) is 4.79 Å². The minimum Gasteiger partial charge on any atom is -0.493 e. The number of hydrogen-bond acceptors (Lipinski definition) is 4. The molecule has 32 heavy (non-hydrogen) atoms. The second-order valence-corrected chi connectivity index (χ2v) is 8.66. The van der Waals surface area contributed by atoms with Crippen molar-refractivity contribution in [3.63, 3.8) is 0 Å². The predicted octanol–water partition coefficient (Wildman–Crippen LogP) is 5.29. The quantitative estimate of drug-likeness (QED) is 0.436. The number of halogens is 1. The molecule has 0 saturated heterocycles. The topological polar surface area (TPSA) is 68.2 Å². The Morgan fingerprint density at radius 2 is 2.00 bits per heavy atom. The second-order valence-electron chi connectivity index (χ2n) is 8.22. The van der Waals surface area contributed by atoms with Gasteiger partial charge in [0.15, 0.2) is 5.82 Å². The first-order valence-corrected chi connectivity index (χ1v) is 11.3. The molecule has 3 rings (SSSR count). The van der Waals surface area contributed by atoms with Gasteiger partial charge in [-0.1, -0.05) is 44.5 Å². The number of carbonyl (C=O) groups excluding carboxylic acids is 1. The lowest BCUT2D eigenvalue weighted by atomic mass is 10.1.